The summed E-state index contributed by atoms with van der Waals surface area (Å²) in [5.41, 5.74) is 0.274. The van der Waals surface area contributed by atoms with Gasteiger partial charge >= 0.3 is 0 Å². The first-order valence-electron chi connectivity index (χ1n) is 8.02. The van der Waals surface area contributed by atoms with Crippen LogP contribution in [0, 0.1) is 5.41 Å². The van der Waals surface area contributed by atoms with Gasteiger partial charge in [-0.15, -0.1) is 0 Å². The van der Waals surface area contributed by atoms with E-state index in [1.807, 2.05) is 37.6 Å². The number of guanidine groups is 1. The molecule has 0 atom stereocenters. The average Bonchev–Trinajstić information content (AvgIpc) is 2.37. The highest BCUT2D eigenvalue weighted by Crippen LogP contribution is 2.17. The first kappa shape index (κ1) is 19.7. The van der Waals surface area contributed by atoms with Crippen molar-refractivity contribution >= 4 is 11.9 Å². The molecule has 21 heavy (non-hydrogen) atoms. The molecule has 0 aromatic heterocycles. The zero-order valence-electron chi connectivity index (χ0n) is 15.0. The predicted octanol–water partition coefficient (Wildman–Crippen LogP) is 2.19. The first-order valence-corrected chi connectivity index (χ1v) is 8.02. The molecule has 0 saturated carbocycles. The van der Waals surface area contributed by atoms with Gasteiger partial charge in [-0.25, -0.2) is 0 Å². The van der Waals surface area contributed by atoms with E-state index in [4.69, 9.17) is 0 Å². The van der Waals surface area contributed by atoms with Gasteiger partial charge in [-0.3, -0.25) is 9.79 Å². The standard InChI is InChI=1S/C16H34N4O/c1-8-17-15(18-12-11-16(4,5)6)19(7)13-14(21)20(9-2)10-3/h8-13H2,1-7H3,(H,17,18). The Morgan fingerprint density at radius 1 is 1.14 bits per heavy atom. The van der Waals surface area contributed by atoms with Crippen molar-refractivity contribution in [1.29, 1.82) is 0 Å². The average molecular weight is 298 g/mol. The van der Waals surface area contributed by atoms with Crippen LogP contribution in [0.1, 0.15) is 48.0 Å². The van der Waals surface area contributed by atoms with Crippen LogP contribution >= 0.6 is 0 Å². The van der Waals surface area contributed by atoms with Gasteiger partial charge in [0.1, 0.15) is 0 Å². The molecule has 0 bridgehead atoms. The molecular weight excluding hydrogens is 264 g/mol. The summed E-state index contributed by atoms with van der Waals surface area (Å²) >= 11 is 0. The van der Waals surface area contributed by atoms with Crippen LogP contribution in [-0.2, 0) is 4.79 Å². The molecule has 0 unspecified atom stereocenters. The Morgan fingerprint density at radius 3 is 2.14 bits per heavy atom. The van der Waals surface area contributed by atoms with E-state index < -0.39 is 0 Å². The summed E-state index contributed by atoms with van der Waals surface area (Å²) in [5.74, 6) is 0.950. The van der Waals surface area contributed by atoms with Crippen molar-refractivity contribution in [3.8, 4) is 0 Å². The van der Waals surface area contributed by atoms with Gasteiger partial charge in [0.2, 0.25) is 5.91 Å². The molecule has 0 aliphatic heterocycles. The van der Waals surface area contributed by atoms with Crippen molar-refractivity contribution in [2.24, 2.45) is 10.4 Å². The molecule has 0 rings (SSSR count). The first-order chi connectivity index (χ1) is 9.75. The lowest BCUT2D eigenvalue weighted by Gasteiger charge is -2.26. The minimum atomic E-state index is 0.143. The third-order valence-corrected chi connectivity index (χ3v) is 3.31. The fourth-order valence-corrected chi connectivity index (χ4v) is 1.92. The summed E-state index contributed by atoms with van der Waals surface area (Å²) in [5, 5.41) is 3.25. The van der Waals surface area contributed by atoms with Gasteiger partial charge in [0.25, 0.3) is 0 Å². The number of hydrogen-bond donors (Lipinski definition) is 1. The third-order valence-electron chi connectivity index (χ3n) is 3.31. The molecule has 0 heterocycles. The molecule has 5 nitrogen and oxygen atoms in total. The van der Waals surface area contributed by atoms with E-state index in [9.17, 15) is 4.79 Å². The molecular formula is C16H34N4O. The number of hydrogen-bond acceptors (Lipinski definition) is 2. The van der Waals surface area contributed by atoms with E-state index in [1.165, 1.54) is 0 Å². The molecule has 0 aliphatic rings. The molecule has 0 saturated heterocycles. The molecule has 0 aromatic rings. The van der Waals surface area contributed by atoms with Crippen molar-refractivity contribution in [2.45, 2.75) is 48.0 Å². The van der Waals surface area contributed by atoms with Gasteiger partial charge in [0.15, 0.2) is 5.96 Å². The summed E-state index contributed by atoms with van der Waals surface area (Å²) in [6.07, 6.45) is 1.03. The van der Waals surface area contributed by atoms with Crippen molar-refractivity contribution in [1.82, 2.24) is 15.1 Å². The number of likely N-dealkylation sites (N-methyl/N-ethyl adjacent to an activating group) is 2. The van der Waals surface area contributed by atoms with Gasteiger partial charge in [-0.05, 0) is 32.6 Å². The molecule has 1 N–H and O–H groups in total. The lowest BCUT2D eigenvalue weighted by atomic mass is 9.92. The Hall–Kier alpha value is -1.26. The van der Waals surface area contributed by atoms with Crippen LogP contribution in [0.2, 0.25) is 0 Å². The van der Waals surface area contributed by atoms with Gasteiger partial charge < -0.3 is 15.1 Å². The lowest BCUT2D eigenvalue weighted by molar-refractivity contribution is -0.131. The molecule has 0 radical (unpaired) electrons. The Labute approximate surface area is 130 Å². The van der Waals surface area contributed by atoms with E-state index in [-0.39, 0.29) is 11.3 Å². The summed E-state index contributed by atoms with van der Waals surface area (Å²) in [6, 6.07) is 0. The van der Waals surface area contributed by atoms with Crippen molar-refractivity contribution < 1.29 is 4.79 Å². The molecule has 124 valence electrons. The highest BCUT2D eigenvalue weighted by atomic mass is 16.2. The van der Waals surface area contributed by atoms with Gasteiger partial charge in [0.05, 0.1) is 6.54 Å². The second-order valence-corrected chi connectivity index (χ2v) is 6.47. The smallest absolute Gasteiger partial charge is 0.242 e. The summed E-state index contributed by atoms with van der Waals surface area (Å²) in [4.78, 5) is 20.5. The second-order valence-electron chi connectivity index (χ2n) is 6.47. The third kappa shape index (κ3) is 8.58. The van der Waals surface area contributed by atoms with E-state index >= 15 is 0 Å². The number of nitrogens with one attached hydrogen (secondary N) is 1. The number of carbonyl (C=O) groups excluding carboxylic acids is 1. The molecule has 0 aliphatic carbocycles. The monoisotopic (exact) mass is 298 g/mol. The van der Waals surface area contributed by atoms with Crippen LogP contribution in [0.4, 0.5) is 0 Å². The summed E-state index contributed by atoms with van der Waals surface area (Å²) in [7, 11) is 1.92. The minimum absolute atomic E-state index is 0.143. The molecule has 1 amide bonds. The van der Waals surface area contributed by atoms with E-state index in [2.05, 4.69) is 31.1 Å². The van der Waals surface area contributed by atoms with Crippen molar-refractivity contribution in [3.63, 3.8) is 0 Å². The number of aliphatic imine (C=N–C) groups is 1. The lowest BCUT2D eigenvalue weighted by Crippen LogP contribution is -2.45. The molecule has 5 heteroatoms. The normalized spacial score (nSPS) is 12.2. The molecule has 0 spiro atoms. The zero-order chi connectivity index (χ0) is 16.5. The fourth-order valence-electron chi connectivity index (χ4n) is 1.92. The summed E-state index contributed by atoms with van der Waals surface area (Å²) in [6.45, 7) is 16.1. The largest absolute Gasteiger partial charge is 0.357 e. The highest BCUT2D eigenvalue weighted by Gasteiger charge is 2.15. The van der Waals surface area contributed by atoms with Crippen molar-refractivity contribution in [2.75, 3.05) is 39.8 Å². The fraction of sp³-hybridized carbons (Fsp3) is 0.875. The summed E-state index contributed by atoms with van der Waals surface area (Å²) < 4.78 is 0. The number of rotatable bonds is 7. The topological polar surface area (TPSA) is 47.9 Å². The van der Waals surface area contributed by atoms with Crippen LogP contribution < -0.4 is 5.32 Å². The second kappa shape index (κ2) is 9.64. The Balaban J connectivity index is 4.64. The van der Waals surface area contributed by atoms with Crippen LogP contribution in [0.15, 0.2) is 4.99 Å². The quantitative estimate of drug-likeness (QED) is 0.579. The Kier molecular flexibility index (Phi) is 9.06. The van der Waals surface area contributed by atoms with Crippen LogP contribution in [0.25, 0.3) is 0 Å². The van der Waals surface area contributed by atoms with E-state index in [0.29, 0.717) is 6.54 Å². The maximum absolute atomic E-state index is 12.2. The van der Waals surface area contributed by atoms with Gasteiger partial charge in [-0.2, -0.15) is 0 Å². The van der Waals surface area contributed by atoms with E-state index in [1.54, 1.807) is 0 Å². The minimum Gasteiger partial charge on any atom is -0.357 e. The SMILES string of the molecule is CCNC(=NCCC(C)(C)C)N(C)CC(=O)N(CC)CC. The Bertz CT molecular complexity index is 330. The predicted molar refractivity (Wildman–Crippen MR) is 90.6 cm³/mol. The number of carbonyl (C=O) groups is 1. The van der Waals surface area contributed by atoms with Crippen LogP contribution in [0.5, 0.6) is 0 Å². The number of amides is 1. The molecule has 0 fully saturated rings. The Morgan fingerprint density at radius 2 is 1.71 bits per heavy atom. The van der Waals surface area contributed by atoms with Crippen molar-refractivity contribution in [3.05, 3.63) is 0 Å². The maximum Gasteiger partial charge on any atom is 0.242 e. The van der Waals surface area contributed by atoms with Crippen LogP contribution in [-0.4, -0.2) is 61.4 Å². The van der Waals surface area contributed by atoms with Gasteiger partial charge in [0, 0.05) is 33.2 Å². The van der Waals surface area contributed by atoms with E-state index in [0.717, 1.165) is 38.6 Å². The molecule has 0 aromatic carbocycles. The number of nitrogens with zero attached hydrogens (tertiary/aromatic N) is 3. The highest BCUT2D eigenvalue weighted by molar-refractivity contribution is 5.86. The zero-order valence-corrected chi connectivity index (χ0v) is 15.0. The van der Waals surface area contributed by atoms with Gasteiger partial charge in [-0.1, -0.05) is 20.8 Å². The van der Waals surface area contributed by atoms with Crippen LogP contribution in [0.3, 0.4) is 0 Å². The maximum atomic E-state index is 12.2.